The average Bonchev–Trinajstić information content (AvgIpc) is 2.74. The van der Waals surface area contributed by atoms with E-state index in [4.69, 9.17) is 9.47 Å². The normalized spacial score (nSPS) is 10.5. The fourth-order valence-corrected chi connectivity index (χ4v) is 3.31. The Morgan fingerprint density at radius 2 is 1.77 bits per heavy atom. The molecule has 0 aromatic heterocycles. The number of nitrogens with one attached hydrogen (secondary N) is 1. The van der Waals surface area contributed by atoms with Crippen LogP contribution in [0.2, 0.25) is 0 Å². The van der Waals surface area contributed by atoms with Gasteiger partial charge < -0.3 is 14.8 Å². The molecule has 0 radical (unpaired) electrons. The SMILES string of the molecule is C=CCc1cc(CNc2cc(C)ccc2C)cc(OC)c1OCc1ccc(F)cc1. The van der Waals surface area contributed by atoms with Crippen LogP contribution in [0.25, 0.3) is 0 Å². The van der Waals surface area contributed by atoms with Crippen LogP contribution in [0.3, 0.4) is 0 Å². The van der Waals surface area contributed by atoms with Gasteiger partial charge in [-0.15, -0.1) is 6.58 Å². The average molecular weight is 406 g/mol. The van der Waals surface area contributed by atoms with Gasteiger partial charge in [0.15, 0.2) is 11.5 Å². The topological polar surface area (TPSA) is 30.5 Å². The van der Waals surface area contributed by atoms with E-state index in [1.165, 1.54) is 23.3 Å². The van der Waals surface area contributed by atoms with E-state index in [1.54, 1.807) is 19.2 Å². The van der Waals surface area contributed by atoms with Crippen LogP contribution in [-0.4, -0.2) is 7.11 Å². The lowest BCUT2D eigenvalue weighted by Crippen LogP contribution is -2.05. The van der Waals surface area contributed by atoms with E-state index in [0.29, 0.717) is 31.1 Å². The summed E-state index contributed by atoms with van der Waals surface area (Å²) in [7, 11) is 1.64. The molecule has 30 heavy (non-hydrogen) atoms. The molecule has 0 saturated carbocycles. The second-order valence-corrected chi connectivity index (χ2v) is 7.37. The number of aryl methyl sites for hydroxylation is 2. The Hall–Kier alpha value is -3.27. The highest BCUT2D eigenvalue weighted by molar-refractivity contribution is 5.55. The Kier molecular flexibility index (Phi) is 7.12. The Labute approximate surface area is 178 Å². The smallest absolute Gasteiger partial charge is 0.165 e. The van der Waals surface area contributed by atoms with E-state index >= 15 is 0 Å². The summed E-state index contributed by atoms with van der Waals surface area (Å²) in [5, 5.41) is 3.52. The molecule has 0 heterocycles. The maximum absolute atomic E-state index is 13.1. The fourth-order valence-electron chi connectivity index (χ4n) is 3.31. The lowest BCUT2D eigenvalue weighted by Gasteiger charge is -2.18. The van der Waals surface area contributed by atoms with Gasteiger partial charge in [0.2, 0.25) is 0 Å². The minimum absolute atomic E-state index is 0.260. The van der Waals surface area contributed by atoms with Crippen LogP contribution >= 0.6 is 0 Å². The Morgan fingerprint density at radius 1 is 1.00 bits per heavy atom. The van der Waals surface area contributed by atoms with Crippen LogP contribution in [0.4, 0.5) is 10.1 Å². The first kappa shape index (κ1) is 21.4. The lowest BCUT2D eigenvalue weighted by atomic mass is 10.0. The van der Waals surface area contributed by atoms with Gasteiger partial charge >= 0.3 is 0 Å². The molecule has 0 unspecified atom stereocenters. The molecule has 0 fully saturated rings. The van der Waals surface area contributed by atoms with Crippen molar-refractivity contribution < 1.29 is 13.9 Å². The van der Waals surface area contributed by atoms with E-state index in [-0.39, 0.29) is 5.82 Å². The molecular weight excluding hydrogens is 377 g/mol. The zero-order valence-corrected chi connectivity index (χ0v) is 17.8. The maximum atomic E-state index is 13.1. The van der Waals surface area contributed by atoms with Crippen LogP contribution in [0.5, 0.6) is 11.5 Å². The van der Waals surface area contributed by atoms with Crippen molar-refractivity contribution in [2.45, 2.75) is 33.4 Å². The first-order chi connectivity index (χ1) is 14.5. The summed E-state index contributed by atoms with van der Waals surface area (Å²) in [6.45, 7) is 9.06. The summed E-state index contributed by atoms with van der Waals surface area (Å²) in [5.41, 5.74) is 6.54. The number of methoxy groups -OCH3 is 1. The van der Waals surface area contributed by atoms with E-state index < -0.39 is 0 Å². The van der Waals surface area contributed by atoms with Crippen molar-refractivity contribution in [2.75, 3.05) is 12.4 Å². The molecule has 0 aliphatic carbocycles. The number of hydrogen-bond donors (Lipinski definition) is 1. The van der Waals surface area contributed by atoms with E-state index in [1.807, 2.05) is 12.1 Å². The second-order valence-electron chi connectivity index (χ2n) is 7.37. The number of halogens is 1. The molecule has 3 aromatic rings. The third-order valence-corrected chi connectivity index (χ3v) is 4.95. The summed E-state index contributed by atoms with van der Waals surface area (Å²) in [5.74, 6) is 1.11. The molecule has 0 saturated heterocycles. The summed E-state index contributed by atoms with van der Waals surface area (Å²) in [4.78, 5) is 0. The third-order valence-electron chi connectivity index (χ3n) is 4.95. The highest BCUT2D eigenvalue weighted by Crippen LogP contribution is 2.34. The number of allylic oxidation sites excluding steroid dienone is 1. The van der Waals surface area contributed by atoms with E-state index in [2.05, 4.69) is 50.0 Å². The second kappa shape index (κ2) is 9.97. The zero-order valence-electron chi connectivity index (χ0n) is 17.8. The van der Waals surface area contributed by atoms with Crippen molar-refractivity contribution in [3.05, 3.63) is 101 Å². The highest BCUT2D eigenvalue weighted by Gasteiger charge is 2.13. The largest absolute Gasteiger partial charge is 0.493 e. The van der Waals surface area contributed by atoms with Gasteiger partial charge in [-0.3, -0.25) is 0 Å². The van der Waals surface area contributed by atoms with Gasteiger partial charge in [-0.05, 0) is 72.9 Å². The maximum Gasteiger partial charge on any atom is 0.165 e. The van der Waals surface area contributed by atoms with E-state index in [9.17, 15) is 4.39 Å². The van der Waals surface area contributed by atoms with Gasteiger partial charge in [0, 0.05) is 17.8 Å². The van der Waals surface area contributed by atoms with Gasteiger partial charge in [-0.1, -0.05) is 30.3 Å². The number of hydrogen-bond acceptors (Lipinski definition) is 3. The molecule has 1 N–H and O–H groups in total. The standard InChI is InChI=1S/C26H28FNO2/c1-5-6-22-14-21(16-28-24-13-18(2)7-8-19(24)3)15-25(29-4)26(22)30-17-20-9-11-23(27)12-10-20/h5,7-15,28H,1,6,16-17H2,2-4H3. The predicted octanol–water partition coefficient (Wildman–Crippen LogP) is 6.37. The van der Waals surface area contributed by atoms with Gasteiger partial charge in [0.05, 0.1) is 7.11 Å². The summed E-state index contributed by atoms with van der Waals surface area (Å²) < 4.78 is 24.8. The number of benzene rings is 3. The van der Waals surface area contributed by atoms with Gasteiger partial charge in [-0.25, -0.2) is 4.39 Å². The minimum atomic E-state index is -0.260. The zero-order chi connectivity index (χ0) is 21.5. The quantitative estimate of drug-likeness (QED) is 0.420. The molecule has 0 amide bonds. The van der Waals surface area contributed by atoms with Gasteiger partial charge in [-0.2, -0.15) is 0 Å². The van der Waals surface area contributed by atoms with Crippen LogP contribution in [0, 0.1) is 19.7 Å². The Bertz CT molecular complexity index is 1010. The van der Waals surface area contributed by atoms with Crippen molar-refractivity contribution in [1.29, 1.82) is 0 Å². The number of rotatable bonds is 9. The van der Waals surface area contributed by atoms with Crippen molar-refractivity contribution in [2.24, 2.45) is 0 Å². The first-order valence-corrected chi connectivity index (χ1v) is 9.99. The third kappa shape index (κ3) is 5.41. The first-order valence-electron chi connectivity index (χ1n) is 9.99. The number of ether oxygens (including phenoxy) is 2. The van der Waals surface area contributed by atoms with Gasteiger partial charge in [0.1, 0.15) is 12.4 Å². The minimum Gasteiger partial charge on any atom is -0.493 e. The molecule has 0 bridgehead atoms. The van der Waals surface area contributed by atoms with E-state index in [0.717, 1.165) is 22.4 Å². The molecule has 3 nitrogen and oxygen atoms in total. The van der Waals surface area contributed by atoms with Gasteiger partial charge in [0.25, 0.3) is 0 Å². The van der Waals surface area contributed by atoms with Crippen molar-refractivity contribution in [3.63, 3.8) is 0 Å². The van der Waals surface area contributed by atoms with Crippen LogP contribution in [0.15, 0.2) is 67.3 Å². The molecule has 0 aliphatic heterocycles. The monoisotopic (exact) mass is 405 g/mol. The molecule has 156 valence electrons. The fraction of sp³-hybridized carbons (Fsp3) is 0.231. The molecule has 0 spiro atoms. The highest BCUT2D eigenvalue weighted by atomic mass is 19.1. The van der Waals surface area contributed by atoms with Crippen LogP contribution < -0.4 is 14.8 Å². The summed E-state index contributed by atoms with van der Waals surface area (Å²) in [6.07, 6.45) is 2.51. The van der Waals surface area contributed by atoms with Crippen LogP contribution in [0.1, 0.15) is 27.8 Å². The number of anilines is 1. The molecular formula is C26H28FNO2. The molecule has 3 aromatic carbocycles. The summed E-state index contributed by atoms with van der Waals surface area (Å²) >= 11 is 0. The Morgan fingerprint density at radius 3 is 2.47 bits per heavy atom. The predicted molar refractivity (Wildman–Crippen MR) is 121 cm³/mol. The molecule has 0 aliphatic rings. The molecule has 3 rings (SSSR count). The molecule has 4 heteroatoms. The summed E-state index contributed by atoms with van der Waals surface area (Å²) in [6, 6.07) is 16.8. The molecule has 0 atom stereocenters. The van der Waals surface area contributed by atoms with Crippen molar-refractivity contribution in [3.8, 4) is 11.5 Å². The van der Waals surface area contributed by atoms with Crippen molar-refractivity contribution >= 4 is 5.69 Å². The van der Waals surface area contributed by atoms with Crippen LogP contribution in [-0.2, 0) is 19.6 Å². The van der Waals surface area contributed by atoms with Crippen molar-refractivity contribution in [1.82, 2.24) is 0 Å². The lowest BCUT2D eigenvalue weighted by molar-refractivity contribution is 0.281. The Balaban J connectivity index is 1.82.